The first-order chi connectivity index (χ1) is 12.9. The fourth-order valence-corrected chi connectivity index (χ4v) is 2.85. The van der Waals surface area contributed by atoms with Crippen LogP contribution >= 0.6 is 0 Å². The minimum atomic E-state index is -0.195. The molecule has 0 saturated heterocycles. The molecule has 0 unspecified atom stereocenters. The summed E-state index contributed by atoms with van der Waals surface area (Å²) in [5, 5.41) is 3.93. The molecule has 0 radical (unpaired) electrons. The first-order valence-corrected chi connectivity index (χ1v) is 9.15. The number of fused-ring (bicyclic) bond motifs is 1. The monoisotopic (exact) mass is 375 g/mol. The van der Waals surface area contributed by atoms with Crippen molar-refractivity contribution in [1.29, 1.82) is 0 Å². The lowest BCUT2D eigenvalue weighted by molar-refractivity contribution is 0.0954. The molecule has 7 nitrogen and oxygen atoms in total. The number of nitrogens with zero attached hydrogens (tertiary/aromatic N) is 2. The average molecular weight is 375 g/mol. The highest BCUT2D eigenvalue weighted by molar-refractivity contribution is 6.07. The molecular weight excluding hydrogens is 346 g/mol. The Hall–Kier alpha value is -2.54. The van der Waals surface area contributed by atoms with Crippen LogP contribution in [0.4, 0.5) is 0 Å². The average Bonchev–Trinajstić information content (AvgIpc) is 2.66. The number of likely N-dealkylation sites (N-methyl/N-ethyl adjacent to an activating group) is 1. The van der Waals surface area contributed by atoms with Gasteiger partial charge < -0.3 is 24.3 Å². The van der Waals surface area contributed by atoms with Crippen molar-refractivity contribution in [1.82, 2.24) is 14.8 Å². The smallest absolute Gasteiger partial charge is 0.258 e. The third-order valence-corrected chi connectivity index (χ3v) is 4.44. The first kappa shape index (κ1) is 20.8. The van der Waals surface area contributed by atoms with Crippen LogP contribution in [-0.4, -0.2) is 56.8 Å². The van der Waals surface area contributed by atoms with E-state index in [0.717, 1.165) is 12.8 Å². The van der Waals surface area contributed by atoms with Crippen LogP contribution in [0.2, 0.25) is 0 Å². The number of nitrogens with one attached hydrogen (secondary N) is 1. The summed E-state index contributed by atoms with van der Waals surface area (Å²) in [6.45, 7) is 3.85. The maximum atomic E-state index is 13.0. The normalized spacial score (nSPS) is 11.0. The minimum absolute atomic E-state index is 0.155. The van der Waals surface area contributed by atoms with E-state index in [-0.39, 0.29) is 11.5 Å². The Kier molecular flexibility index (Phi) is 7.24. The molecule has 0 saturated carbocycles. The van der Waals surface area contributed by atoms with Crippen LogP contribution < -0.4 is 20.3 Å². The Morgan fingerprint density at radius 3 is 2.33 bits per heavy atom. The quantitative estimate of drug-likeness (QED) is 0.680. The fourth-order valence-electron chi connectivity index (χ4n) is 2.85. The van der Waals surface area contributed by atoms with Crippen molar-refractivity contribution in [2.24, 2.45) is 0 Å². The molecule has 0 aliphatic heterocycles. The van der Waals surface area contributed by atoms with Crippen LogP contribution in [0.15, 0.2) is 23.1 Å². The number of methoxy groups -OCH3 is 2. The van der Waals surface area contributed by atoms with Gasteiger partial charge in [-0.05, 0) is 32.6 Å². The molecule has 27 heavy (non-hydrogen) atoms. The standard InChI is InChI=1S/C20H29N3O4/c1-6-7-8-21-19(24)16-13-23(10-9-22(2)3)20(25)15-12-18(27-5)17(26-4)11-14(15)16/h11-13H,6-10H2,1-5H3,(H,21,24). The van der Waals surface area contributed by atoms with Crippen LogP contribution in [0, 0.1) is 0 Å². The van der Waals surface area contributed by atoms with E-state index >= 15 is 0 Å². The van der Waals surface area contributed by atoms with Gasteiger partial charge in [0.05, 0.1) is 25.2 Å². The molecule has 1 amide bonds. The molecule has 2 rings (SSSR count). The molecule has 0 spiro atoms. The molecule has 2 aromatic rings. The second kappa shape index (κ2) is 9.41. The zero-order valence-electron chi connectivity index (χ0n) is 16.8. The lowest BCUT2D eigenvalue weighted by Gasteiger charge is -2.16. The van der Waals surface area contributed by atoms with Crippen molar-refractivity contribution in [3.8, 4) is 11.5 Å². The molecule has 1 aromatic carbocycles. The van der Waals surface area contributed by atoms with Crippen LogP contribution in [0.3, 0.4) is 0 Å². The molecule has 0 aliphatic carbocycles. The summed E-state index contributed by atoms with van der Waals surface area (Å²) in [4.78, 5) is 27.7. The summed E-state index contributed by atoms with van der Waals surface area (Å²) in [6, 6.07) is 3.34. The van der Waals surface area contributed by atoms with E-state index in [1.54, 1.807) is 22.9 Å². The molecule has 1 N–H and O–H groups in total. The molecule has 0 atom stereocenters. The van der Waals surface area contributed by atoms with Gasteiger partial charge >= 0.3 is 0 Å². The Morgan fingerprint density at radius 1 is 1.15 bits per heavy atom. The third kappa shape index (κ3) is 4.80. The summed E-state index contributed by atoms with van der Waals surface area (Å²) in [7, 11) is 6.94. The minimum Gasteiger partial charge on any atom is -0.493 e. The van der Waals surface area contributed by atoms with Gasteiger partial charge in [0.1, 0.15) is 0 Å². The number of hydrogen-bond acceptors (Lipinski definition) is 5. The number of aromatic nitrogens is 1. The number of carbonyl (C=O) groups is 1. The first-order valence-electron chi connectivity index (χ1n) is 9.15. The number of ether oxygens (including phenoxy) is 2. The number of rotatable bonds is 9. The van der Waals surface area contributed by atoms with Crippen LogP contribution in [-0.2, 0) is 6.54 Å². The zero-order chi connectivity index (χ0) is 20.0. The highest BCUT2D eigenvalue weighted by Crippen LogP contribution is 2.32. The SMILES string of the molecule is CCCCNC(=O)c1cn(CCN(C)C)c(=O)c2cc(OC)c(OC)cc12. The second-order valence-corrected chi connectivity index (χ2v) is 6.71. The molecule has 148 valence electrons. The summed E-state index contributed by atoms with van der Waals surface area (Å²) in [6.07, 6.45) is 3.54. The number of hydrogen-bond donors (Lipinski definition) is 1. The summed E-state index contributed by atoms with van der Waals surface area (Å²) in [5.41, 5.74) is 0.304. The number of unbranched alkanes of at least 4 members (excludes halogenated alkanes) is 1. The van der Waals surface area contributed by atoms with Crippen LogP contribution in [0.5, 0.6) is 11.5 Å². The topological polar surface area (TPSA) is 72.8 Å². The maximum Gasteiger partial charge on any atom is 0.258 e. The van der Waals surface area contributed by atoms with Gasteiger partial charge in [0.2, 0.25) is 0 Å². The van der Waals surface area contributed by atoms with Crippen LogP contribution in [0.1, 0.15) is 30.1 Å². The second-order valence-electron chi connectivity index (χ2n) is 6.71. The van der Waals surface area contributed by atoms with Gasteiger partial charge in [0, 0.05) is 31.2 Å². The van der Waals surface area contributed by atoms with E-state index in [0.29, 0.717) is 47.5 Å². The van der Waals surface area contributed by atoms with E-state index in [1.807, 2.05) is 19.0 Å². The maximum absolute atomic E-state index is 13.0. The zero-order valence-corrected chi connectivity index (χ0v) is 16.8. The van der Waals surface area contributed by atoms with E-state index < -0.39 is 0 Å². The molecule has 1 heterocycles. The summed E-state index contributed by atoms with van der Waals surface area (Å²) >= 11 is 0. The number of benzene rings is 1. The van der Waals surface area contributed by atoms with Gasteiger partial charge in [-0.1, -0.05) is 13.3 Å². The largest absolute Gasteiger partial charge is 0.493 e. The van der Waals surface area contributed by atoms with E-state index in [1.165, 1.54) is 14.2 Å². The fraction of sp³-hybridized carbons (Fsp3) is 0.500. The van der Waals surface area contributed by atoms with Gasteiger partial charge in [-0.2, -0.15) is 0 Å². The van der Waals surface area contributed by atoms with E-state index in [4.69, 9.17) is 9.47 Å². The molecule has 0 bridgehead atoms. The van der Waals surface area contributed by atoms with E-state index in [9.17, 15) is 9.59 Å². The Labute approximate surface area is 159 Å². The number of carbonyl (C=O) groups excluding carboxylic acids is 1. The highest BCUT2D eigenvalue weighted by atomic mass is 16.5. The summed E-state index contributed by atoms with van der Waals surface area (Å²) in [5.74, 6) is 0.752. The van der Waals surface area contributed by atoms with Gasteiger partial charge in [0.15, 0.2) is 11.5 Å². The number of amides is 1. The predicted molar refractivity (Wildman–Crippen MR) is 107 cm³/mol. The van der Waals surface area contributed by atoms with Crippen molar-refractivity contribution in [2.75, 3.05) is 41.4 Å². The van der Waals surface area contributed by atoms with Crippen molar-refractivity contribution >= 4 is 16.7 Å². The van der Waals surface area contributed by atoms with E-state index in [2.05, 4.69) is 12.2 Å². The van der Waals surface area contributed by atoms with Gasteiger partial charge in [0.25, 0.3) is 11.5 Å². The van der Waals surface area contributed by atoms with Gasteiger partial charge in [-0.15, -0.1) is 0 Å². The highest BCUT2D eigenvalue weighted by Gasteiger charge is 2.18. The van der Waals surface area contributed by atoms with Gasteiger partial charge in [-0.25, -0.2) is 0 Å². The molecule has 7 heteroatoms. The Morgan fingerprint density at radius 2 is 1.78 bits per heavy atom. The third-order valence-electron chi connectivity index (χ3n) is 4.44. The van der Waals surface area contributed by atoms with Crippen molar-refractivity contribution in [2.45, 2.75) is 26.3 Å². The molecular formula is C20H29N3O4. The Balaban J connectivity index is 2.63. The lowest BCUT2D eigenvalue weighted by atomic mass is 10.1. The summed E-state index contributed by atoms with van der Waals surface area (Å²) < 4.78 is 12.3. The molecule has 1 aromatic heterocycles. The van der Waals surface area contributed by atoms with Crippen molar-refractivity contribution in [3.63, 3.8) is 0 Å². The van der Waals surface area contributed by atoms with Crippen molar-refractivity contribution in [3.05, 3.63) is 34.2 Å². The van der Waals surface area contributed by atoms with Crippen molar-refractivity contribution < 1.29 is 14.3 Å². The van der Waals surface area contributed by atoms with Gasteiger partial charge in [-0.3, -0.25) is 9.59 Å². The number of pyridine rings is 1. The van der Waals surface area contributed by atoms with Crippen LogP contribution in [0.25, 0.3) is 10.8 Å². The molecule has 0 fully saturated rings. The molecule has 0 aliphatic rings. The lowest BCUT2D eigenvalue weighted by Crippen LogP contribution is -2.30. The predicted octanol–water partition coefficient (Wildman–Crippen LogP) is 2.11. The Bertz CT molecular complexity index is 858.